The first kappa shape index (κ1) is 55.0. The summed E-state index contributed by atoms with van der Waals surface area (Å²) in [7, 11) is 5.40. The van der Waals surface area contributed by atoms with Crippen LogP contribution in [0.15, 0.2) is 84.9 Å². The standard InChI is InChI=1S/2C26H37Si2.C2H6Si.2ClH.Zr/c2*1-18(2)12-20-13-21-11-10-19(3)26(25(21)14-20)22-15-23(27(4,5)6)17-24(16-22)28(7,8)9;1-3-2;;;/h2*10-11,13-18H,12H2,1-9H3;1-2H3;2*1H;/q2*-1;;;;+4/p-2. The molecular weight excluding hydrogens is 951 g/mol. The van der Waals surface area contributed by atoms with Crippen LogP contribution >= 0.6 is 17.0 Å². The van der Waals surface area contributed by atoms with E-state index in [1.54, 1.807) is 20.7 Å². The van der Waals surface area contributed by atoms with Crippen LogP contribution < -0.4 is 20.7 Å². The third-order valence-electron chi connectivity index (χ3n) is 11.5. The maximum atomic E-state index is 4.93. The molecule has 8 heteroatoms. The van der Waals surface area contributed by atoms with E-state index in [9.17, 15) is 0 Å². The van der Waals surface area contributed by atoms with Crippen LogP contribution in [-0.2, 0) is 33.7 Å². The summed E-state index contributed by atoms with van der Waals surface area (Å²) in [6.45, 7) is 47.7. The molecule has 0 aliphatic rings. The van der Waals surface area contributed by atoms with E-state index in [1.165, 1.54) is 66.1 Å². The van der Waals surface area contributed by atoms with Crippen LogP contribution in [0.4, 0.5) is 0 Å². The molecule has 0 unspecified atom stereocenters. The van der Waals surface area contributed by atoms with Gasteiger partial charge in [0.25, 0.3) is 0 Å². The first-order chi connectivity index (χ1) is 28.5. The predicted octanol–water partition coefficient (Wildman–Crippen LogP) is 15.8. The molecule has 6 aromatic carbocycles. The molecule has 6 rings (SSSR count). The third kappa shape index (κ3) is 15.4. The summed E-state index contributed by atoms with van der Waals surface area (Å²) in [6, 6.07) is 34.0. The summed E-state index contributed by atoms with van der Waals surface area (Å²) in [6.07, 6.45) is 2.31. The zero-order valence-corrected chi connectivity index (χ0v) is 51.4. The van der Waals surface area contributed by atoms with Crippen LogP contribution in [0.3, 0.4) is 0 Å². The number of hydrogen-bond acceptors (Lipinski definition) is 0. The monoisotopic (exact) mass is 1030 g/mol. The Bertz CT molecular complexity index is 2140. The van der Waals surface area contributed by atoms with Crippen molar-refractivity contribution in [2.24, 2.45) is 11.8 Å². The molecule has 0 spiro atoms. The van der Waals surface area contributed by atoms with Crippen molar-refractivity contribution in [1.29, 1.82) is 0 Å². The van der Waals surface area contributed by atoms with E-state index in [-0.39, 0.29) is 0 Å². The van der Waals surface area contributed by atoms with Gasteiger partial charge in [-0.25, -0.2) is 0 Å². The Labute approximate surface area is 405 Å². The van der Waals surface area contributed by atoms with E-state index in [2.05, 4.69) is 218 Å². The minimum atomic E-state index is -1.39. The van der Waals surface area contributed by atoms with Gasteiger partial charge >= 0.3 is 37.9 Å². The third-order valence-corrected chi connectivity index (χ3v) is 19.6. The Morgan fingerprint density at radius 1 is 0.484 bits per heavy atom. The average Bonchev–Trinajstić information content (AvgIpc) is 3.73. The van der Waals surface area contributed by atoms with Crippen LogP contribution in [0.25, 0.3) is 43.8 Å². The first-order valence-electron chi connectivity index (χ1n) is 22.8. The van der Waals surface area contributed by atoms with Gasteiger partial charge in [-0.15, -0.1) is 69.1 Å². The molecule has 2 radical (unpaired) electrons. The van der Waals surface area contributed by atoms with Crippen molar-refractivity contribution in [2.75, 3.05) is 0 Å². The number of benzene rings is 4. The molecule has 0 saturated heterocycles. The molecule has 0 aliphatic heterocycles. The Morgan fingerprint density at radius 3 is 0.968 bits per heavy atom. The van der Waals surface area contributed by atoms with Gasteiger partial charge in [0.15, 0.2) is 0 Å². The van der Waals surface area contributed by atoms with E-state index >= 15 is 0 Å². The van der Waals surface area contributed by atoms with Crippen LogP contribution in [0.1, 0.15) is 49.9 Å². The number of rotatable bonds is 10. The van der Waals surface area contributed by atoms with Gasteiger partial charge in [0.05, 0.1) is 32.3 Å². The summed E-state index contributed by atoms with van der Waals surface area (Å²) < 4.78 is 0. The summed E-state index contributed by atoms with van der Waals surface area (Å²) in [5.41, 5.74) is 11.5. The molecule has 0 aliphatic carbocycles. The van der Waals surface area contributed by atoms with Crippen molar-refractivity contribution < 1.29 is 20.8 Å². The van der Waals surface area contributed by atoms with Gasteiger partial charge in [0, 0.05) is 9.52 Å². The minimum absolute atomic E-state index is 0.690. The van der Waals surface area contributed by atoms with Gasteiger partial charge < -0.3 is 0 Å². The molecule has 334 valence electrons. The Morgan fingerprint density at radius 2 is 0.742 bits per heavy atom. The van der Waals surface area contributed by atoms with E-state index in [1.807, 2.05) is 0 Å². The molecule has 0 heterocycles. The van der Waals surface area contributed by atoms with Crippen LogP contribution in [0.2, 0.25) is 91.7 Å². The second kappa shape index (κ2) is 22.9. The molecule has 0 saturated carbocycles. The van der Waals surface area contributed by atoms with Gasteiger partial charge in [-0.3, -0.25) is 0 Å². The second-order valence-corrected chi connectivity index (χ2v) is 47.7. The first-order valence-corrected chi connectivity index (χ1v) is 45.1. The molecule has 0 aromatic heterocycles. The maximum absolute atomic E-state index is 4.93. The number of hydrogen-bond donors (Lipinski definition) is 0. The normalized spacial score (nSPS) is 12.1. The van der Waals surface area contributed by atoms with Crippen molar-refractivity contribution in [3.63, 3.8) is 0 Å². The van der Waals surface area contributed by atoms with Crippen LogP contribution in [-0.4, -0.2) is 41.8 Å². The fraction of sp³-hybridized carbons (Fsp3) is 0.444. The summed E-state index contributed by atoms with van der Waals surface area (Å²) in [5, 5.41) is 12.0. The molecule has 0 atom stereocenters. The predicted molar refractivity (Wildman–Crippen MR) is 298 cm³/mol. The van der Waals surface area contributed by atoms with Crippen molar-refractivity contribution >= 4 is 101 Å². The topological polar surface area (TPSA) is 0 Å². The summed E-state index contributed by atoms with van der Waals surface area (Å²) in [4.78, 5) is 0. The van der Waals surface area contributed by atoms with Crippen molar-refractivity contribution in [3.8, 4) is 22.3 Å². The summed E-state index contributed by atoms with van der Waals surface area (Å²) in [5.74, 6) is 1.38. The number of fused-ring (bicyclic) bond motifs is 2. The van der Waals surface area contributed by atoms with Crippen molar-refractivity contribution in [2.45, 2.75) is 146 Å². The molecule has 0 bridgehead atoms. The van der Waals surface area contributed by atoms with E-state index in [4.69, 9.17) is 17.0 Å². The Hall–Kier alpha value is -1.35. The van der Waals surface area contributed by atoms with Crippen LogP contribution in [0.5, 0.6) is 0 Å². The fourth-order valence-electron chi connectivity index (χ4n) is 8.13. The second-order valence-electron chi connectivity index (χ2n) is 22.6. The quantitative estimate of drug-likeness (QED) is 0.0947. The van der Waals surface area contributed by atoms with Gasteiger partial charge in [0.2, 0.25) is 0 Å². The van der Waals surface area contributed by atoms with Gasteiger partial charge in [0.1, 0.15) is 0 Å². The Kier molecular flexibility index (Phi) is 20.3. The van der Waals surface area contributed by atoms with Gasteiger partial charge in [-0.2, -0.15) is 12.1 Å². The molecular formula is C54H80Cl2Si5Zr. The zero-order valence-electron chi connectivity index (χ0n) is 42.4. The summed E-state index contributed by atoms with van der Waals surface area (Å²) >= 11 is -0.826. The van der Waals surface area contributed by atoms with Crippen molar-refractivity contribution in [1.82, 2.24) is 0 Å². The average molecular weight is 1030 g/mol. The van der Waals surface area contributed by atoms with E-state index in [0.29, 0.717) is 11.8 Å². The Balaban J connectivity index is 0.000000293. The molecule has 0 N–H and O–H groups in total. The van der Waals surface area contributed by atoms with E-state index < -0.39 is 53.1 Å². The number of halogens is 2. The van der Waals surface area contributed by atoms with Crippen molar-refractivity contribution in [3.05, 3.63) is 107 Å². The molecule has 0 fully saturated rings. The molecule has 62 heavy (non-hydrogen) atoms. The zero-order chi connectivity index (χ0) is 47.1. The number of aryl methyl sites for hydroxylation is 2. The van der Waals surface area contributed by atoms with Crippen LogP contribution in [0, 0.1) is 25.7 Å². The SMILES string of the molecule is C[Si]C.Cc1ccc2[cH-]c(CC(C)C)cc2c1-c1cc([Si](C)(C)C)cc([Si](C)(C)C)c1.Cc1ccc2[cH-]c(CC(C)C)cc2c1-c1cc([Si](C)(C)C)cc([Si](C)(C)C)c1.[Cl][Zr+2][Cl]. The fourth-order valence-corrected chi connectivity index (χ4v) is 13.1. The van der Waals surface area contributed by atoms with Gasteiger partial charge in [-0.1, -0.05) is 199 Å². The molecule has 0 nitrogen and oxygen atoms in total. The van der Waals surface area contributed by atoms with Gasteiger partial charge in [-0.05, 0) is 49.7 Å². The molecule has 0 amide bonds. The van der Waals surface area contributed by atoms with E-state index in [0.717, 1.165) is 22.4 Å². The molecule has 6 aromatic rings.